The van der Waals surface area contributed by atoms with E-state index in [1.54, 1.807) is 26.0 Å². The average Bonchev–Trinajstić information content (AvgIpc) is 2.19. The van der Waals surface area contributed by atoms with Gasteiger partial charge in [0.25, 0.3) is 5.91 Å². The summed E-state index contributed by atoms with van der Waals surface area (Å²) in [5.74, 6) is -1.16. The Balaban J connectivity index is 3.15. The number of nitrogens with one attached hydrogen (secondary N) is 1. The number of hydrogen-bond acceptors (Lipinski definition) is 4. The van der Waals surface area contributed by atoms with Gasteiger partial charge in [-0.05, 0) is 32.0 Å². The van der Waals surface area contributed by atoms with E-state index in [0.717, 1.165) is 0 Å². The smallest absolute Gasteiger partial charge is 0.250 e. The second-order valence-electron chi connectivity index (χ2n) is 4.28. The first-order valence-electron chi connectivity index (χ1n) is 5.01. The number of primary amides is 2. The standard InChI is InChI=1S/C11H16N4O2/c1-11(2,10(14)17)15-8-4-3-6(12)5-7(8)9(13)16/h3-5,15H,12H2,1-2H3,(H2,13,16)(H2,14,17). The maximum Gasteiger partial charge on any atom is 0.250 e. The van der Waals surface area contributed by atoms with Crippen LogP contribution >= 0.6 is 0 Å². The molecule has 0 radical (unpaired) electrons. The van der Waals surface area contributed by atoms with E-state index in [0.29, 0.717) is 11.4 Å². The van der Waals surface area contributed by atoms with Gasteiger partial charge in [0.05, 0.1) is 5.56 Å². The van der Waals surface area contributed by atoms with E-state index in [9.17, 15) is 9.59 Å². The van der Waals surface area contributed by atoms with Gasteiger partial charge in [-0.15, -0.1) is 0 Å². The van der Waals surface area contributed by atoms with Crippen molar-refractivity contribution in [3.63, 3.8) is 0 Å². The van der Waals surface area contributed by atoms with Crippen molar-refractivity contribution < 1.29 is 9.59 Å². The Morgan fingerprint density at radius 2 is 1.82 bits per heavy atom. The van der Waals surface area contributed by atoms with E-state index in [-0.39, 0.29) is 5.56 Å². The summed E-state index contributed by atoms with van der Waals surface area (Å²) in [5, 5.41) is 2.86. The lowest BCUT2D eigenvalue weighted by atomic mass is 10.0. The topological polar surface area (TPSA) is 124 Å². The van der Waals surface area contributed by atoms with Crippen LogP contribution in [-0.2, 0) is 4.79 Å². The molecule has 92 valence electrons. The first kappa shape index (κ1) is 12.8. The molecule has 1 aromatic carbocycles. The van der Waals surface area contributed by atoms with Crippen LogP contribution in [0.1, 0.15) is 24.2 Å². The maximum absolute atomic E-state index is 11.2. The van der Waals surface area contributed by atoms with E-state index in [1.165, 1.54) is 6.07 Å². The summed E-state index contributed by atoms with van der Waals surface area (Å²) >= 11 is 0. The zero-order valence-electron chi connectivity index (χ0n) is 9.78. The molecule has 0 aliphatic carbocycles. The Morgan fingerprint density at radius 3 is 2.29 bits per heavy atom. The molecule has 0 aromatic heterocycles. The third-order valence-electron chi connectivity index (χ3n) is 2.37. The Morgan fingerprint density at radius 1 is 1.24 bits per heavy atom. The molecule has 0 unspecified atom stereocenters. The molecule has 1 aromatic rings. The van der Waals surface area contributed by atoms with Crippen molar-refractivity contribution in [3.8, 4) is 0 Å². The lowest BCUT2D eigenvalue weighted by Crippen LogP contribution is -2.45. The SMILES string of the molecule is CC(C)(Nc1ccc(N)cc1C(N)=O)C(N)=O. The third-order valence-corrected chi connectivity index (χ3v) is 2.37. The van der Waals surface area contributed by atoms with Crippen molar-refractivity contribution in [3.05, 3.63) is 23.8 Å². The molecule has 0 saturated carbocycles. The highest BCUT2D eigenvalue weighted by molar-refractivity contribution is 6.00. The molecule has 17 heavy (non-hydrogen) atoms. The summed E-state index contributed by atoms with van der Waals surface area (Å²) in [6.07, 6.45) is 0. The Labute approximate surface area is 99.1 Å². The fourth-order valence-electron chi connectivity index (χ4n) is 1.27. The quantitative estimate of drug-likeness (QED) is 0.551. The minimum absolute atomic E-state index is 0.222. The van der Waals surface area contributed by atoms with E-state index >= 15 is 0 Å². The highest BCUT2D eigenvalue weighted by atomic mass is 16.2. The molecular formula is C11H16N4O2. The van der Waals surface area contributed by atoms with Gasteiger partial charge in [-0.3, -0.25) is 9.59 Å². The van der Waals surface area contributed by atoms with Crippen LogP contribution in [0.25, 0.3) is 0 Å². The molecule has 7 N–H and O–H groups in total. The number of nitrogen functional groups attached to an aromatic ring is 1. The van der Waals surface area contributed by atoms with Gasteiger partial charge >= 0.3 is 0 Å². The van der Waals surface area contributed by atoms with Gasteiger partial charge in [-0.2, -0.15) is 0 Å². The molecule has 6 nitrogen and oxygen atoms in total. The second kappa shape index (κ2) is 4.32. The van der Waals surface area contributed by atoms with Crippen molar-refractivity contribution in [2.45, 2.75) is 19.4 Å². The van der Waals surface area contributed by atoms with Crippen molar-refractivity contribution in [1.29, 1.82) is 0 Å². The van der Waals surface area contributed by atoms with Crippen molar-refractivity contribution >= 4 is 23.2 Å². The predicted molar refractivity (Wildman–Crippen MR) is 66.3 cm³/mol. The molecular weight excluding hydrogens is 220 g/mol. The minimum Gasteiger partial charge on any atom is -0.399 e. The highest BCUT2D eigenvalue weighted by Crippen LogP contribution is 2.22. The van der Waals surface area contributed by atoms with Gasteiger partial charge in [0.1, 0.15) is 5.54 Å². The summed E-state index contributed by atoms with van der Waals surface area (Å²) in [6, 6.07) is 4.63. The molecule has 1 rings (SSSR count). The van der Waals surface area contributed by atoms with Crippen LogP contribution in [0.2, 0.25) is 0 Å². The minimum atomic E-state index is -0.986. The van der Waals surface area contributed by atoms with Crippen LogP contribution in [0, 0.1) is 0 Å². The highest BCUT2D eigenvalue weighted by Gasteiger charge is 2.26. The summed E-state index contributed by atoms with van der Waals surface area (Å²) in [4.78, 5) is 22.4. The van der Waals surface area contributed by atoms with Crippen LogP contribution in [-0.4, -0.2) is 17.4 Å². The number of hydrogen-bond donors (Lipinski definition) is 4. The number of amides is 2. The summed E-state index contributed by atoms with van der Waals surface area (Å²) in [5.41, 5.74) is 16.1. The maximum atomic E-state index is 11.2. The lowest BCUT2D eigenvalue weighted by Gasteiger charge is -2.24. The van der Waals surface area contributed by atoms with Crippen LogP contribution in [0.5, 0.6) is 0 Å². The van der Waals surface area contributed by atoms with Gasteiger partial charge in [0.2, 0.25) is 5.91 Å². The van der Waals surface area contributed by atoms with Crippen LogP contribution in [0.3, 0.4) is 0 Å². The Hall–Kier alpha value is -2.24. The van der Waals surface area contributed by atoms with Crippen LogP contribution in [0.15, 0.2) is 18.2 Å². The largest absolute Gasteiger partial charge is 0.399 e. The molecule has 0 bridgehead atoms. The number of nitrogens with two attached hydrogens (primary N) is 3. The second-order valence-corrected chi connectivity index (χ2v) is 4.28. The zero-order valence-corrected chi connectivity index (χ0v) is 9.78. The van der Waals surface area contributed by atoms with Gasteiger partial charge < -0.3 is 22.5 Å². The van der Waals surface area contributed by atoms with Gasteiger partial charge in [-0.1, -0.05) is 0 Å². The Kier molecular flexibility index (Phi) is 3.26. The first-order valence-corrected chi connectivity index (χ1v) is 5.01. The van der Waals surface area contributed by atoms with Gasteiger partial charge in [0, 0.05) is 11.4 Å². The van der Waals surface area contributed by atoms with E-state index in [2.05, 4.69) is 5.32 Å². The van der Waals surface area contributed by atoms with E-state index in [4.69, 9.17) is 17.2 Å². The summed E-state index contributed by atoms with van der Waals surface area (Å²) in [6.45, 7) is 3.22. The fraction of sp³-hybridized carbons (Fsp3) is 0.273. The third kappa shape index (κ3) is 2.87. The molecule has 2 amide bonds. The molecule has 0 saturated heterocycles. The summed E-state index contributed by atoms with van der Waals surface area (Å²) < 4.78 is 0. The fourth-order valence-corrected chi connectivity index (χ4v) is 1.27. The van der Waals surface area contributed by atoms with Gasteiger partial charge in [-0.25, -0.2) is 0 Å². The molecule has 0 spiro atoms. The predicted octanol–water partition coefficient (Wildman–Crippen LogP) is 0.0435. The molecule has 6 heteroatoms. The molecule has 0 heterocycles. The van der Waals surface area contributed by atoms with Crippen molar-refractivity contribution in [1.82, 2.24) is 0 Å². The molecule has 0 fully saturated rings. The molecule has 0 aliphatic heterocycles. The lowest BCUT2D eigenvalue weighted by molar-refractivity contribution is -0.121. The molecule has 0 aliphatic rings. The number of carbonyl (C=O) groups excluding carboxylic acids is 2. The normalized spacial score (nSPS) is 10.9. The summed E-state index contributed by atoms with van der Waals surface area (Å²) in [7, 11) is 0. The van der Waals surface area contributed by atoms with Crippen LogP contribution in [0.4, 0.5) is 11.4 Å². The average molecular weight is 236 g/mol. The number of anilines is 2. The van der Waals surface area contributed by atoms with Crippen molar-refractivity contribution in [2.75, 3.05) is 11.1 Å². The van der Waals surface area contributed by atoms with E-state index in [1.807, 2.05) is 0 Å². The number of benzene rings is 1. The first-order chi connectivity index (χ1) is 7.74. The zero-order chi connectivity index (χ0) is 13.2. The number of rotatable bonds is 4. The van der Waals surface area contributed by atoms with Crippen LogP contribution < -0.4 is 22.5 Å². The molecule has 0 atom stereocenters. The number of carbonyl (C=O) groups is 2. The van der Waals surface area contributed by atoms with Crippen molar-refractivity contribution in [2.24, 2.45) is 11.5 Å². The van der Waals surface area contributed by atoms with Gasteiger partial charge in [0.15, 0.2) is 0 Å². The Bertz CT molecular complexity index is 469. The van der Waals surface area contributed by atoms with E-state index < -0.39 is 17.4 Å². The monoisotopic (exact) mass is 236 g/mol.